The molecule has 4 rings (SSSR count). The van der Waals surface area contributed by atoms with Crippen LogP contribution >= 0.6 is 11.3 Å². The number of hydrogen-bond donors (Lipinski definition) is 2. The van der Waals surface area contributed by atoms with E-state index in [1.807, 2.05) is 22.9 Å². The largest absolute Gasteiger partial charge is 0.347 e. The molecule has 2 aliphatic rings. The van der Waals surface area contributed by atoms with Gasteiger partial charge >= 0.3 is 0 Å². The van der Waals surface area contributed by atoms with E-state index in [-0.39, 0.29) is 11.9 Å². The van der Waals surface area contributed by atoms with Gasteiger partial charge < -0.3 is 10.6 Å². The number of fused-ring (bicyclic) bond motifs is 2. The molecule has 2 aromatic rings. The average molecular weight is 318 g/mol. The number of nitrogens with one attached hydrogen (secondary N) is 2. The van der Waals surface area contributed by atoms with Crippen molar-refractivity contribution in [1.29, 1.82) is 0 Å². The molecule has 0 aromatic carbocycles. The monoisotopic (exact) mass is 318 g/mol. The Balaban J connectivity index is 1.52. The maximum atomic E-state index is 12.7. The number of rotatable bonds is 3. The normalized spacial score (nSPS) is 28.9. The summed E-state index contributed by atoms with van der Waals surface area (Å²) in [6.45, 7) is 5.13. The number of aryl methyl sites for hydroxylation is 1. The molecule has 1 saturated carbocycles. The third-order valence-corrected chi connectivity index (χ3v) is 6.10. The number of amides is 1. The summed E-state index contributed by atoms with van der Waals surface area (Å²) in [4.78, 5) is 18.0. The van der Waals surface area contributed by atoms with E-state index in [1.54, 1.807) is 11.3 Å². The van der Waals surface area contributed by atoms with Crippen LogP contribution in [0.25, 0.3) is 4.96 Å². The van der Waals surface area contributed by atoms with Crippen LogP contribution in [0, 0.1) is 18.8 Å². The summed E-state index contributed by atoms with van der Waals surface area (Å²) in [7, 11) is 0. The van der Waals surface area contributed by atoms with Crippen molar-refractivity contribution in [2.24, 2.45) is 11.8 Å². The van der Waals surface area contributed by atoms with Gasteiger partial charge in [-0.2, -0.15) is 0 Å². The molecule has 1 aliphatic heterocycles. The fourth-order valence-electron chi connectivity index (χ4n) is 4.31. The minimum Gasteiger partial charge on any atom is -0.347 e. The average Bonchev–Trinajstić information content (AvgIpc) is 3.15. The maximum Gasteiger partial charge on any atom is 0.270 e. The van der Waals surface area contributed by atoms with Gasteiger partial charge in [0.05, 0.1) is 5.69 Å². The standard InChI is InChI=1S/C16H22N4OS/c1-9(13-12-5-3-4-11(12)8-17-13)18-15(21)14-10(2)19-16-20(14)6-7-22-16/h6-7,9,11-13,17H,3-5,8H2,1-2H3,(H,18,21)/t9-,11-,12?,13+/m0/s1. The zero-order valence-corrected chi connectivity index (χ0v) is 13.8. The first-order valence-corrected chi connectivity index (χ1v) is 8.99. The van der Waals surface area contributed by atoms with Crippen molar-refractivity contribution in [2.45, 2.75) is 45.2 Å². The van der Waals surface area contributed by atoms with Crippen LogP contribution in [0.4, 0.5) is 0 Å². The molecule has 2 fully saturated rings. The van der Waals surface area contributed by atoms with Gasteiger partial charge in [-0.05, 0) is 45.1 Å². The lowest BCUT2D eigenvalue weighted by molar-refractivity contribution is 0.0921. The number of hydrogen-bond acceptors (Lipinski definition) is 4. The van der Waals surface area contributed by atoms with Crippen molar-refractivity contribution in [3.8, 4) is 0 Å². The second kappa shape index (κ2) is 5.35. The van der Waals surface area contributed by atoms with Crippen LogP contribution in [0.5, 0.6) is 0 Å². The maximum absolute atomic E-state index is 12.7. The molecule has 0 radical (unpaired) electrons. The number of nitrogens with zero attached hydrogens (tertiary/aromatic N) is 2. The SMILES string of the molecule is Cc1nc2sccn2c1C(=O)N[C@@H](C)[C@H]1NC[C@@H]2CCCC21. The van der Waals surface area contributed by atoms with Crippen LogP contribution in [-0.4, -0.2) is 33.9 Å². The lowest BCUT2D eigenvalue weighted by Crippen LogP contribution is -2.48. The summed E-state index contributed by atoms with van der Waals surface area (Å²) in [6, 6.07) is 0.548. The molecule has 4 atom stereocenters. The molecule has 3 heterocycles. The Kier molecular flexibility index (Phi) is 3.46. The van der Waals surface area contributed by atoms with E-state index in [1.165, 1.54) is 19.3 Å². The Hall–Kier alpha value is -1.40. The highest BCUT2D eigenvalue weighted by atomic mass is 32.1. The molecular formula is C16H22N4OS. The van der Waals surface area contributed by atoms with Gasteiger partial charge in [0.15, 0.2) is 4.96 Å². The van der Waals surface area contributed by atoms with E-state index in [4.69, 9.17) is 0 Å². The minimum absolute atomic E-state index is 0.0147. The molecule has 1 aliphatic carbocycles. The molecular weight excluding hydrogens is 296 g/mol. The topological polar surface area (TPSA) is 58.4 Å². The first-order chi connectivity index (χ1) is 10.6. The van der Waals surface area contributed by atoms with Crippen molar-refractivity contribution in [1.82, 2.24) is 20.0 Å². The molecule has 1 unspecified atom stereocenters. The van der Waals surface area contributed by atoms with Crippen molar-refractivity contribution in [2.75, 3.05) is 6.54 Å². The summed E-state index contributed by atoms with van der Waals surface area (Å²) < 4.78 is 1.89. The summed E-state index contributed by atoms with van der Waals surface area (Å²) in [6.07, 6.45) is 5.89. The molecule has 22 heavy (non-hydrogen) atoms. The van der Waals surface area contributed by atoms with E-state index in [2.05, 4.69) is 22.5 Å². The van der Waals surface area contributed by atoms with E-state index >= 15 is 0 Å². The Morgan fingerprint density at radius 3 is 3.27 bits per heavy atom. The van der Waals surface area contributed by atoms with Gasteiger partial charge in [-0.3, -0.25) is 9.20 Å². The molecule has 6 heteroatoms. The molecule has 5 nitrogen and oxygen atoms in total. The first-order valence-electron chi connectivity index (χ1n) is 8.11. The van der Waals surface area contributed by atoms with Crippen molar-refractivity contribution in [3.05, 3.63) is 23.0 Å². The second-order valence-corrected chi connectivity index (χ2v) is 7.53. The van der Waals surface area contributed by atoms with Crippen LogP contribution in [0.3, 0.4) is 0 Å². The van der Waals surface area contributed by atoms with E-state index in [0.717, 1.165) is 29.0 Å². The van der Waals surface area contributed by atoms with Crippen molar-refractivity contribution < 1.29 is 4.79 Å². The first kappa shape index (κ1) is 14.2. The zero-order valence-electron chi connectivity index (χ0n) is 13.0. The molecule has 1 amide bonds. The van der Waals surface area contributed by atoms with Crippen molar-refractivity contribution >= 4 is 22.2 Å². The predicted octanol–water partition coefficient (Wildman–Crippen LogP) is 2.21. The molecule has 1 saturated heterocycles. The molecule has 2 N–H and O–H groups in total. The highest BCUT2D eigenvalue weighted by Crippen LogP contribution is 2.38. The highest BCUT2D eigenvalue weighted by Gasteiger charge is 2.41. The second-order valence-electron chi connectivity index (χ2n) is 6.65. The van der Waals surface area contributed by atoms with Crippen LogP contribution in [0.15, 0.2) is 11.6 Å². The molecule has 118 valence electrons. The van der Waals surface area contributed by atoms with Gasteiger partial charge in [0, 0.05) is 23.7 Å². The quantitative estimate of drug-likeness (QED) is 0.912. The fourth-order valence-corrected chi connectivity index (χ4v) is 5.07. The number of carbonyl (C=O) groups is 1. The van der Waals surface area contributed by atoms with Gasteiger partial charge in [-0.15, -0.1) is 11.3 Å². The van der Waals surface area contributed by atoms with Crippen LogP contribution in [0.2, 0.25) is 0 Å². The van der Waals surface area contributed by atoms with Gasteiger partial charge in [-0.1, -0.05) is 6.42 Å². The smallest absolute Gasteiger partial charge is 0.270 e. The van der Waals surface area contributed by atoms with Gasteiger partial charge in [0.25, 0.3) is 5.91 Å². The lowest BCUT2D eigenvalue weighted by Gasteiger charge is -2.26. The Bertz CT molecular complexity index is 706. The van der Waals surface area contributed by atoms with Crippen LogP contribution in [0.1, 0.15) is 42.4 Å². The minimum atomic E-state index is -0.0147. The van der Waals surface area contributed by atoms with Gasteiger partial charge in [-0.25, -0.2) is 4.98 Å². The van der Waals surface area contributed by atoms with Crippen molar-refractivity contribution in [3.63, 3.8) is 0 Å². The number of thiazole rings is 1. The highest BCUT2D eigenvalue weighted by molar-refractivity contribution is 7.15. The summed E-state index contributed by atoms with van der Waals surface area (Å²) in [5.74, 6) is 1.52. The Morgan fingerprint density at radius 2 is 2.41 bits per heavy atom. The van der Waals surface area contributed by atoms with E-state index < -0.39 is 0 Å². The Labute approximate surface area is 134 Å². The fraction of sp³-hybridized carbons (Fsp3) is 0.625. The molecule has 0 bridgehead atoms. The molecule has 2 aromatic heterocycles. The lowest BCUT2D eigenvalue weighted by atomic mass is 9.90. The van der Waals surface area contributed by atoms with Crippen LogP contribution < -0.4 is 10.6 Å². The predicted molar refractivity (Wildman–Crippen MR) is 87.4 cm³/mol. The third kappa shape index (κ3) is 2.16. The van der Waals surface area contributed by atoms with Crippen LogP contribution in [-0.2, 0) is 0 Å². The zero-order chi connectivity index (χ0) is 15.3. The van der Waals surface area contributed by atoms with Gasteiger partial charge in [0.2, 0.25) is 0 Å². The number of carbonyl (C=O) groups excluding carboxylic acids is 1. The summed E-state index contributed by atoms with van der Waals surface area (Å²) in [5, 5.41) is 8.78. The summed E-state index contributed by atoms with van der Waals surface area (Å²) in [5.41, 5.74) is 1.47. The number of aromatic nitrogens is 2. The third-order valence-electron chi connectivity index (χ3n) is 5.34. The Morgan fingerprint density at radius 1 is 1.55 bits per heavy atom. The van der Waals surface area contributed by atoms with E-state index in [0.29, 0.717) is 11.7 Å². The van der Waals surface area contributed by atoms with Gasteiger partial charge in [0.1, 0.15) is 5.69 Å². The van der Waals surface area contributed by atoms with E-state index in [9.17, 15) is 4.79 Å². The molecule has 0 spiro atoms. The number of imidazole rings is 1. The summed E-state index contributed by atoms with van der Waals surface area (Å²) >= 11 is 1.56.